The monoisotopic (exact) mass is 384 g/mol. The Kier molecular flexibility index (Phi) is 7.14. The lowest BCUT2D eigenvalue weighted by Crippen LogP contribution is -2.43. The van der Waals surface area contributed by atoms with Crippen LogP contribution in [0, 0.1) is 5.92 Å². The van der Waals surface area contributed by atoms with Crippen LogP contribution >= 0.6 is 0 Å². The first-order valence-corrected chi connectivity index (χ1v) is 8.81. The van der Waals surface area contributed by atoms with Crippen LogP contribution in [0.3, 0.4) is 0 Å². The van der Waals surface area contributed by atoms with Gasteiger partial charge in [-0.3, -0.25) is 14.4 Å². The second kappa shape index (κ2) is 9.55. The maximum Gasteiger partial charge on any atom is 0.308 e. The molecule has 7 heteroatoms. The lowest BCUT2D eigenvalue weighted by Gasteiger charge is -2.26. The first-order valence-electron chi connectivity index (χ1n) is 8.81. The normalized spacial score (nSPS) is 12.5. The summed E-state index contributed by atoms with van der Waals surface area (Å²) in [6, 6.07) is 14.5. The lowest BCUT2D eigenvalue weighted by atomic mass is 10.0. The maximum atomic E-state index is 13.0. The fourth-order valence-electron chi connectivity index (χ4n) is 2.69. The predicted molar refractivity (Wildman–Crippen MR) is 104 cm³/mol. The highest BCUT2D eigenvalue weighted by molar-refractivity contribution is 5.98. The van der Waals surface area contributed by atoms with E-state index in [0.717, 1.165) is 0 Å². The van der Waals surface area contributed by atoms with Crippen molar-refractivity contribution < 1.29 is 24.2 Å². The van der Waals surface area contributed by atoms with Crippen molar-refractivity contribution in [3.05, 3.63) is 65.7 Å². The maximum absolute atomic E-state index is 13.0. The molecule has 148 valence electrons. The van der Waals surface area contributed by atoms with Crippen molar-refractivity contribution in [1.82, 2.24) is 10.2 Å². The highest BCUT2D eigenvalue weighted by Crippen LogP contribution is 2.18. The molecule has 2 unspecified atom stereocenters. The van der Waals surface area contributed by atoms with E-state index in [-0.39, 0.29) is 12.5 Å². The number of aliphatic carboxylic acids is 1. The van der Waals surface area contributed by atoms with E-state index in [1.165, 1.54) is 26.0 Å². The molecule has 0 bridgehead atoms. The van der Waals surface area contributed by atoms with Gasteiger partial charge in [-0.15, -0.1) is 0 Å². The average Bonchev–Trinajstić information content (AvgIpc) is 2.71. The van der Waals surface area contributed by atoms with Gasteiger partial charge >= 0.3 is 5.97 Å². The van der Waals surface area contributed by atoms with Crippen LogP contribution < -0.4 is 10.1 Å². The van der Waals surface area contributed by atoms with Crippen LogP contribution in [0.5, 0.6) is 5.75 Å². The van der Waals surface area contributed by atoms with Crippen LogP contribution in [0.15, 0.2) is 54.6 Å². The van der Waals surface area contributed by atoms with Gasteiger partial charge in [-0.25, -0.2) is 0 Å². The van der Waals surface area contributed by atoms with Crippen molar-refractivity contribution >= 4 is 17.8 Å². The number of carbonyl (C=O) groups excluding carboxylic acids is 2. The Morgan fingerprint density at radius 3 is 2.21 bits per heavy atom. The van der Waals surface area contributed by atoms with E-state index in [1.807, 2.05) is 6.07 Å². The van der Waals surface area contributed by atoms with Gasteiger partial charge in [0.1, 0.15) is 11.8 Å². The summed E-state index contributed by atoms with van der Waals surface area (Å²) in [5.74, 6) is -1.89. The second-order valence-corrected chi connectivity index (χ2v) is 6.50. The molecule has 0 aliphatic carbocycles. The zero-order valence-electron chi connectivity index (χ0n) is 16.1. The van der Waals surface area contributed by atoms with E-state index in [1.54, 1.807) is 48.5 Å². The Bertz CT molecular complexity index is 820. The van der Waals surface area contributed by atoms with E-state index in [2.05, 4.69) is 5.32 Å². The number of carboxylic acids is 1. The average molecular weight is 384 g/mol. The summed E-state index contributed by atoms with van der Waals surface area (Å²) < 4.78 is 5.08. The molecule has 0 aromatic heterocycles. The minimum Gasteiger partial charge on any atom is -0.497 e. The third-order valence-electron chi connectivity index (χ3n) is 4.35. The van der Waals surface area contributed by atoms with Crippen molar-refractivity contribution in [1.29, 1.82) is 0 Å². The molecule has 0 spiro atoms. The van der Waals surface area contributed by atoms with Crippen LogP contribution in [0.4, 0.5) is 0 Å². The molecular formula is C21H24N2O5. The number of nitrogens with zero attached hydrogens (tertiary/aromatic N) is 1. The molecule has 7 nitrogen and oxygen atoms in total. The standard InChI is InChI=1S/C21H24N2O5/c1-14(21(26)27)13-23(2)20(25)18(15-7-5-4-6-8-15)22-19(24)16-9-11-17(28-3)12-10-16/h4-12,14,18H,13H2,1-3H3,(H,22,24)(H,26,27). The predicted octanol–water partition coefficient (Wildman–Crippen LogP) is 2.35. The van der Waals surface area contributed by atoms with Gasteiger partial charge in [0.15, 0.2) is 0 Å². The van der Waals surface area contributed by atoms with Crippen LogP contribution in [0.1, 0.15) is 28.9 Å². The van der Waals surface area contributed by atoms with E-state index in [0.29, 0.717) is 16.9 Å². The molecule has 2 atom stereocenters. The van der Waals surface area contributed by atoms with Gasteiger partial charge in [-0.1, -0.05) is 37.3 Å². The van der Waals surface area contributed by atoms with Crippen LogP contribution in [-0.2, 0) is 9.59 Å². The summed E-state index contributed by atoms with van der Waals surface area (Å²) in [6.07, 6.45) is 0. The molecule has 2 aromatic carbocycles. The Hall–Kier alpha value is -3.35. The topological polar surface area (TPSA) is 95.9 Å². The SMILES string of the molecule is COc1ccc(C(=O)NC(C(=O)N(C)CC(C)C(=O)O)c2ccccc2)cc1. The molecular weight excluding hydrogens is 360 g/mol. The smallest absolute Gasteiger partial charge is 0.308 e. The number of hydrogen-bond acceptors (Lipinski definition) is 4. The van der Waals surface area contributed by atoms with Crippen molar-refractivity contribution in [3.63, 3.8) is 0 Å². The number of amides is 2. The molecule has 0 saturated heterocycles. The number of carboxylic acid groups (broad SMARTS) is 1. The summed E-state index contributed by atoms with van der Waals surface area (Å²) in [5, 5.41) is 11.8. The first kappa shape index (κ1) is 21.0. The van der Waals surface area contributed by atoms with Gasteiger partial charge < -0.3 is 20.1 Å². The van der Waals surface area contributed by atoms with Crippen molar-refractivity contribution in [3.8, 4) is 5.75 Å². The summed E-state index contributed by atoms with van der Waals surface area (Å²) in [7, 11) is 3.06. The van der Waals surface area contributed by atoms with E-state index >= 15 is 0 Å². The zero-order valence-corrected chi connectivity index (χ0v) is 16.1. The molecule has 0 aliphatic heterocycles. The molecule has 0 aliphatic rings. The van der Waals surface area contributed by atoms with Gasteiger partial charge in [0.05, 0.1) is 13.0 Å². The Balaban J connectivity index is 2.23. The Morgan fingerprint density at radius 1 is 1.07 bits per heavy atom. The third-order valence-corrected chi connectivity index (χ3v) is 4.35. The largest absolute Gasteiger partial charge is 0.497 e. The van der Waals surface area contributed by atoms with Crippen LogP contribution in [0.25, 0.3) is 0 Å². The molecule has 28 heavy (non-hydrogen) atoms. The van der Waals surface area contributed by atoms with Gasteiger partial charge in [0.2, 0.25) is 5.91 Å². The number of ether oxygens (including phenoxy) is 1. The van der Waals surface area contributed by atoms with Crippen molar-refractivity contribution in [2.45, 2.75) is 13.0 Å². The molecule has 2 N–H and O–H groups in total. The summed E-state index contributed by atoms with van der Waals surface area (Å²) >= 11 is 0. The quantitative estimate of drug-likeness (QED) is 0.728. The number of methoxy groups -OCH3 is 1. The summed E-state index contributed by atoms with van der Waals surface area (Å²) in [5.41, 5.74) is 1.00. The van der Waals surface area contributed by atoms with E-state index in [4.69, 9.17) is 9.84 Å². The molecule has 2 amide bonds. The Morgan fingerprint density at radius 2 is 1.68 bits per heavy atom. The molecule has 0 fully saturated rings. The Labute approximate surface area is 163 Å². The first-order chi connectivity index (χ1) is 13.3. The second-order valence-electron chi connectivity index (χ2n) is 6.50. The molecule has 0 heterocycles. The highest BCUT2D eigenvalue weighted by Gasteiger charge is 2.28. The number of carbonyl (C=O) groups is 3. The zero-order chi connectivity index (χ0) is 20.7. The van der Waals surface area contributed by atoms with Gasteiger partial charge in [-0.05, 0) is 29.8 Å². The van der Waals surface area contributed by atoms with E-state index < -0.39 is 23.8 Å². The van der Waals surface area contributed by atoms with Crippen LogP contribution in [-0.4, -0.2) is 48.5 Å². The van der Waals surface area contributed by atoms with Gasteiger partial charge in [0, 0.05) is 19.2 Å². The molecule has 0 saturated carbocycles. The summed E-state index contributed by atoms with van der Waals surface area (Å²) in [4.78, 5) is 38.1. The number of nitrogens with one attached hydrogen (secondary N) is 1. The molecule has 2 rings (SSSR count). The third kappa shape index (κ3) is 5.33. The van der Waals surface area contributed by atoms with Gasteiger partial charge in [0.25, 0.3) is 5.91 Å². The van der Waals surface area contributed by atoms with E-state index in [9.17, 15) is 14.4 Å². The van der Waals surface area contributed by atoms with Gasteiger partial charge in [-0.2, -0.15) is 0 Å². The van der Waals surface area contributed by atoms with Crippen molar-refractivity contribution in [2.24, 2.45) is 5.92 Å². The van der Waals surface area contributed by atoms with Crippen molar-refractivity contribution in [2.75, 3.05) is 20.7 Å². The fourth-order valence-corrected chi connectivity index (χ4v) is 2.69. The molecule has 0 radical (unpaired) electrons. The number of benzene rings is 2. The number of hydrogen-bond donors (Lipinski definition) is 2. The molecule has 2 aromatic rings. The van der Waals surface area contributed by atoms with Crippen LogP contribution in [0.2, 0.25) is 0 Å². The fraction of sp³-hybridized carbons (Fsp3) is 0.286. The highest BCUT2D eigenvalue weighted by atomic mass is 16.5. The lowest BCUT2D eigenvalue weighted by molar-refractivity contribution is -0.143. The number of rotatable bonds is 8. The minimum atomic E-state index is -0.988. The minimum absolute atomic E-state index is 0.0376. The summed E-state index contributed by atoms with van der Waals surface area (Å²) in [6.45, 7) is 1.56. The number of likely N-dealkylation sites (N-methyl/N-ethyl adjacent to an activating group) is 1.